The predicted octanol–water partition coefficient (Wildman–Crippen LogP) is 5.32. The molecule has 134 valence electrons. The van der Waals surface area contributed by atoms with Gasteiger partial charge in [-0.3, -0.25) is 0 Å². The van der Waals surface area contributed by atoms with Gasteiger partial charge in [0.25, 0.3) is 0 Å². The first-order valence-corrected chi connectivity index (χ1v) is 9.88. The van der Waals surface area contributed by atoms with Gasteiger partial charge in [0.2, 0.25) is 0 Å². The van der Waals surface area contributed by atoms with Gasteiger partial charge >= 0.3 is 0 Å². The van der Waals surface area contributed by atoms with Gasteiger partial charge in [-0.2, -0.15) is 5.26 Å². The fourth-order valence-electron chi connectivity index (χ4n) is 2.58. The summed E-state index contributed by atoms with van der Waals surface area (Å²) in [7, 11) is 0. The van der Waals surface area contributed by atoms with Crippen LogP contribution in [0.5, 0.6) is 11.5 Å². The number of hydrogen-bond donors (Lipinski definition) is 1. The molecule has 1 aromatic heterocycles. The van der Waals surface area contributed by atoms with Gasteiger partial charge in [-0.05, 0) is 24.3 Å². The average molecular weight is 440 g/mol. The molecule has 0 fully saturated rings. The van der Waals surface area contributed by atoms with E-state index in [9.17, 15) is 5.26 Å². The highest BCUT2D eigenvalue weighted by Gasteiger charge is 2.12. The summed E-state index contributed by atoms with van der Waals surface area (Å²) in [6.07, 6.45) is 1.66. The molecule has 0 spiro atoms. The van der Waals surface area contributed by atoms with E-state index >= 15 is 0 Å². The minimum absolute atomic E-state index is 0.471. The topological polar surface area (TPSA) is 67.2 Å². The van der Waals surface area contributed by atoms with Crippen molar-refractivity contribution in [1.82, 2.24) is 4.98 Å². The molecule has 27 heavy (non-hydrogen) atoms. The van der Waals surface area contributed by atoms with E-state index in [1.54, 1.807) is 6.20 Å². The van der Waals surface area contributed by atoms with Crippen LogP contribution in [0.15, 0.2) is 58.5 Å². The number of ether oxygens (including phenoxy) is 2. The molecule has 1 aliphatic heterocycles. The maximum Gasteiger partial charge on any atom is 0.163 e. The molecule has 0 amide bonds. The molecule has 0 unspecified atom stereocenters. The number of rotatable bonds is 4. The Morgan fingerprint density at radius 1 is 1.15 bits per heavy atom. The van der Waals surface area contributed by atoms with E-state index in [-0.39, 0.29) is 0 Å². The van der Waals surface area contributed by atoms with Gasteiger partial charge in [0.1, 0.15) is 29.9 Å². The Morgan fingerprint density at radius 3 is 2.70 bits per heavy atom. The number of nitriles is 1. The first-order valence-electron chi connectivity index (χ1n) is 8.21. The monoisotopic (exact) mass is 439 g/mol. The summed E-state index contributed by atoms with van der Waals surface area (Å²) in [5.74, 6) is 1.43. The predicted molar refractivity (Wildman–Crippen MR) is 110 cm³/mol. The molecule has 0 aliphatic carbocycles. The smallest absolute Gasteiger partial charge is 0.163 e. The highest BCUT2D eigenvalue weighted by Crippen LogP contribution is 2.33. The number of fused-ring (bicyclic) bond motifs is 1. The van der Waals surface area contributed by atoms with Crippen LogP contribution in [0, 0.1) is 11.3 Å². The van der Waals surface area contributed by atoms with Gasteiger partial charge < -0.3 is 14.8 Å². The van der Waals surface area contributed by atoms with Gasteiger partial charge in [-0.25, -0.2) is 4.98 Å². The second-order valence-electron chi connectivity index (χ2n) is 5.72. The van der Waals surface area contributed by atoms with Crippen LogP contribution in [-0.4, -0.2) is 18.2 Å². The van der Waals surface area contributed by atoms with Crippen LogP contribution in [-0.2, 0) is 0 Å². The lowest BCUT2D eigenvalue weighted by atomic mass is 10.2. The lowest BCUT2D eigenvalue weighted by Crippen LogP contribution is -2.15. The summed E-state index contributed by atoms with van der Waals surface area (Å²) in [6, 6.07) is 15.7. The number of hydrogen-bond acceptors (Lipinski definition) is 6. The Hall–Kier alpha value is -2.82. The third-order valence-electron chi connectivity index (χ3n) is 3.92. The van der Waals surface area contributed by atoms with Gasteiger partial charge in [0.15, 0.2) is 11.5 Å². The van der Waals surface area contributed by atoms with Crippen molar-refractivity contribution < 1.29 is 9.47 Å². The highest BCUT2D eigenvalue weighted by atomic mass is 79.9. The van der Waals surface area contributed by atoms with Crippen LogP contribution >= 0.6 is 27.3 Å². The van der Waals surface area contributed by atoms with Crippen LogP contribution in [0.1, 0.15) is 5.01 Å². The molecule has 1 aliphatic rings. The van der Waals surface area contributed by atoms with Crippen molar-refractivity contribution in [2.75, 3.05) is 18.5 Å². The molecule has 0 bridgehead atoms. The number of aromatic nitrogens is 1. The van der Waals surface area contributed by atoms with E-state index in [0.29, 0.717) is 29.5 Å². The minimum atomic E-state index is 0.471. The molecule has 2 aromatic carbocycles. The number of thiazole rings is 1. The second kappa shape index (κ2) is 7.82. The van der Waals surface area contributed by atoms with E-state index in [1.807, 2.05) is 47.8 Å². The average Bonchev–Trinajstić information content (AvgIpc) is 3.19. The third-order valence-corrected chi connectivity index (χ3v) is 5.32. The Morgan fingerprint density at radius 2 is 1.93 bits per heavy atom. The molecular weight excluding hydrogens is 426 g/mol. The summed E-state index contributed by atoms with van der Waals surface area (Å²) in [6.45, 7) is 1.09. The van der Waals surface area contributed by atoms with Crippen molar-refractivity contribution >= 4 is 38.5 Å². The Kier molecular flexibility index (Phi) is 5.10. The Balaban J connectivity index is 1.54. The summed E-state index contributed by atoms with van der Waals surface area (Å²) < 4.78 is 12.1. The van der Waals surface area contributed by atoms with Crippen molar-refractivity contribution in [3.8, 4) is 28.8 Å². The molecule has 2 heterocycles. The lowest BCUT2D eigenvalue weighted by Gasteiger charge is -2.18. The van der Waals surface area contributed by atoms with Gasteiger partial charge in [0, 0.05) is 33.4 Å². The molecule has 0 radical (unpaired) electrons. The number of anilines is 1. The third kappa shape index (κ3) is 3.97. The minimum Gasteiger partial charge on any atom is -0.486 e. The quantitative estimate of drug-likeness (QED) is 0.557. The van der Waals surface area contributed by atoms with Gasteiger partial charge in [-0.15, -0.1) is 11.3 Å². The maximum atomic E-state index is 9.52. The molecule has 3 aromatic rings. The first kappa shape index (κ1) is 17.6. The lowest BCUT2D eigenvalue weighted by molar-refractivity contribution is 0.171. The standard InChI is InChI=1S/C20H14BrN3O2S/c21-15-3-1-13(2-4-15)17-12-27-20(24-17)14(10-22)11-23-16-5-6-18-19(9-16)26-8-7-25-18/h1-6,9,11-12,23H,7-8H2/b14-11+. The first-order chi connectivity index (χ1) is 13.2. The molecular formula is C20H14BrN3O2S. The van der Waals surface area contributed by atoms with Crippen molar-refractivity contribution in [3.63, 3.8) is 0 Å². The molecule has 7 heteroatoms. The molecule has 0 saturated heterocycles. The van der Waals surface area contributed by atoms with E-state index in [4.69, 9.17) is 9.47 Å². The second-order valence-corrected chi connectivity index (χ2v) is 7.49. The van der Waals surface area contributed by atoms with E-state index < -0.39 is 0 Å². The summed E-state index contributed by atoms with van der Waals surface area (Å²) in [4.78, 5) is 4.59. The zero-order valence-electron chi connectivity index (χ0n) is 14.1. The van der Waals surface area contributed by atoms with Crippen LogP contribution in [0.2, 0.25) is 0 Å². The van der Waals surface area contributed by atoms with E-state index in [1.165, 1.54) is 11.3 Å². The number of benzene rings is 2. The van der Waals surface area contributed by atoms with Crippen LogP contribution in [0.25, 0.3) is 16.8 Å². The maximum absolute atomic E-state index is 9.52. The molecule has 0 saturated carbocycles. The fourth-order valence-corrected chi connectivity index (χ4v) is 3.64. The number of nitrogens with zero attached hydrogens (tertiary/aromatic N) is 2. The zero-order chi connectivity index (χ0) is 18.6. The summed E-state index contributed by atoms with van der Waals surface area (Å²) in [5, 5.41) is 15.3. The highest BCUT2D eigenvalue weighted by molar-refractivity contribution is 9.10. The Bertz CT molecular complexity index is 1040. The number of nitrogens with one attached hydrogen (secondary N) is 1. The van der Waals surface area contributed by atoms with Crippen LogP contribution in [0.4, 0.5) is 5.69 Å². The Labute approximate surface area is 169 Å². The molecule has 5 nitrogen and oxygen atoms in total. The van der Waals surface area contributed by atoms with Crippen molar-refractivity contribution in [2.24, 2.45) is 0 Å². The van der Waals surface area contributed by atoms with Crippen molar-refractivity contribution in [1.29, 1.82) is 5.26 Å². The van der Waals surface area contributed by atoms with Crippen molar-refractivity contribution in [3.05, 3.63) is 63.5 Å². The van der Waals surface area contributed by atoms with E-state index in [0.717, 1.165) is 27.2 Å². The summed E-state index contributed by atoms with van der Waals surface area (Å²) >= 11 is 4.87. The van der Waals surface area contributed by atoms with Crippen LogP contribution < -0.4 is 14.8 Å². The fraction of sp³-hybridized carbons (Fsp3) is 0.100. The largest absolute Gasteiger partial charge is 0.486 e. The van der Waals surface area contributed by atoms with Gasteiger partial charge in [0.05, 0.1) is 5.69 Å². The molecule has 0 atom stereocenters. The van der Waals surface area contributed by atoms with Crippen molar-refractivity contribution in [2.45, 2.75) is 0 Å². The number of allylic oxidation sites excluding steroid dienone is 1. The molecule has 1 N–H and O–H groups in total. The summed E-state index contributed by atoms with van der Waals surface area (Å²) in [5.41, 5.74) is 3.15. The van der Waals surface area contributed by atoms with E-state index in [2.05, 4.69) is 32.3 Å². The molecule has 4 rings (SSSR count). The van der Waals surface area contributed by atoms with Gasteiger partial charge in [-0.1, -0.05) is 28.1 Å². The SMILES string of the molecule is N#C/C(=C\Nc1ccc2c(c1)OCCO2)c1nc(-c2ccc(Br)cc2)cs1. The van der Waals surface area contributed by atoms with Crippen LogP contribution in [0.3, 0.4) is 0 Å². The normalized spacial score (nSPS) is 13.1. The number of halogens is 1. The zero-order valence-corrected chi connectivity index (χ0v) is 16.5.